The lowest BCUT2D eigenvalue weighted by Crippen LogP contribution is -2.34. The van der Waals surface area contributed by atoms with Crippen molar-refractivity contribution in [2.24, 2.45) is 5.41 Å². The minimum atomic E-state index is -0.754. The molecular formula is C15H20N2O4. The molecule has 0 aliphatic carbocycles. The van der Waals surface area contributed by atoms with Crippen LogP contribution in [0.4, 0.5) is 5.82 Å². The third-order valence-electron chi connectivity index (χ3n) is 4.03. The molecule has 0 radical (unpaired) electrons. The van der Waals surface area contributed by atoms with Crippen LogP contribution in [-0.4, -0.2) is 42.2 Å². The number of hydrogen-bond donors (Lipinski definition) is 1. The molecule has 1 N–H and O–H groups in total. The Labute approximate surface area is 123 Å². The number of carbonyl (C=O) groups is 2. The summed E-state index contributed by atoms with van der Waals surface area (Å²) in [6.45, 7) is 3.04. The summed E-state index contributed by atoms with van der Waals surface area (Å²) in [6.07, 6.45) is 3.62. The van der Waals surface area contributed by atoms with Crippen LogP contribution < -0.4 is 4.90 Å². The lowest BCUT2D eigenvalue weighted by molar-refractivity contribution is -0.148. The van der Waals surface area contributed by atoms with Crippen molar-refractivity contribution in [3.8, 4) is 0 Å². The lowest BCUT2D eigenvalue weighted by Gasteiger charge is -2.24. The molecule has 2 heterocycles. The molecule has 21 heavy (non-hydrogen) atoms. The Hall–Kier alpha value is -2.11. The van der Waals surface area contributed by atoms with E-state index in [1.165, 1.54) is 7.11 Å². The molecule has 1 aromatic rings. The number of pyridine rings is 1. The van der Waals surface area contributed by atoms with Crippen LogP contribution >= 0.6 is 0 Å². The Kier molecular flexibility index (Phi) is 4.45. The van der Waals surface area contributed by atoms with E-state index in [2.05, 4.69) is 4.98 Å². The highest BCUT2D eigenvalue weighted by Gasteiger charge is 2.44. The zero-order valence-corrected chi connectivity index (χ0v) is 12.3. The van der Waals surface area contributed by atoms with E-state index in [-0.39, 0.29) is 0 Å². The molecule has 1 aliphatic rings. The van der Waals surface area contributed by atoms with Crippen LogP contribution in [0.25, 0.3) is 0 Å². The molecule has 0 saturated carbocycles. The van der Waals surface area contributed by atoms with Gasteiger partial charge in [-0.15, -0.1) is 0 Å². The van der Waals surface area contributed by atoms with E-state index in [4.69, 9.17) is 4.74 Å². The minimum absolute atomic E-state index is 0.420. The maximum absolute atomic E-state index is 11.6. The number of aliphatic carboxylic acids is 1. The van der Waals surface area contributed by atoms with Gasteiger partial charge in [-0.3, -0.25) is 4.79 Å². The standard InChI is InChI=1S/C15H20N2O4/c1-3-5-15(14(19)20)6-8-17(10-15)12-9-11(4-7-16-12)13(18)21-2/h4,7,9H,3,5-6,8,10H2,1-2H3,(H,19,20). The molecule has 0 aromatic carbocycles. The highest BCUT2D eigenvalue weighted by atomic mass is 16.5. The fourth-order valence-corrected chi connectivity index (χ4v) is 2.87. The molecule has 0 bridgehead atoms. The van der Waals surface area contributed by atoms with Crippen molar-refractivity contribution in [2.45, 2.75) is 26.2 Å². The molecule has 1 aromatic heterocycles. The van der Waals surface area contributed by atoms with E-state index in [1.807, 2.05) is 11.8 Å². The average Bonchev–Trinajstić information content (AvgIpc) is 2.93. The summed E-state index contributed by atoms with van der Waals surface area (Å²) in [6, 6.07) is 3.23. The molecule has 6 nitrogen and oxygen atoms in total. The molecular weight excluding hydrogens is 272 g/mol. The van der Waals surface area contributed by atoms with Crippen LogP contribution in [0.2, 0.25) is 0 Å². The van der Waals surface area contributed by atoms with Gasteiger partial charge in [0.15, 0.2) is 0 Å². The van der Waals surface area contributed by atoms with Gasteiger partial charge in [-0.05, 0) is 25.0 Å². The Bertz CT molecular complexity index is 546. The summed E-state index contributed by atoms with van der Waals surface area (Å²) >= 11 is 0. The van der Waals surface area contributed by atoms with Crippen LogP contribution in [0.15, 0.2) is 18.3 Å². The van der Waals surface area contributed by atoms with Gasteiger partial charge in [-0.25, -0.2) is 9.78 Å². The zero-order valence-electron chi connectivity index (χ0n) is 12.3. The number of carbonyl (C=O) groups excluding carboxylic acids is 1. The van der Waals surface area contributed by atoms with Crippen molar-refractivity contribution in [1.29, 1.82) is 0 Å². The van der Waals surface area contributed by atoms with Crippen LogP contribution in [-0.2, 0) is 9.53 Å². The fraction of sp³-hybridized carbons (Fsp3) is 0.533. The first-order chi connectivity index (χ1) is 10.0. The van der Waals surface area contributed by atoms with Gasteiger partial charge < -0.3 is 14.7 Å². The Balaban J connectivity index is 2.21. The van der Waals surface area contributed by atoms with Gasteiger partial charge >= 0.3 is 11.9 Å². The molecule has 6 heteroatoms. The topological polar surface area (TPSA) is 79.7 Å². The highest BCUT2D eigenvalue weighted by Crippen LogP contribution is 2.37. The maximum atomic E-state index is 11.6. The zero-order chi connectivity index (χ0) is 15.5. The number of esters is 1. The van der Waals surface area contributed by atoms with Crippen molar-refractivity contribution in [3.63, 3.8) is 0 Å². The third-order valence-corrected chi connectivity index (χ3v) is 4.03. The largest absolute Gasteiger partial charge is 0.481 e. The van der Waals surface area contributed by atoms with Crippen molar-refractivity contribution >= 4 is 17.8 Å². The second-order valence-electron chi connectivity index (χ2n) is 5.40. The summed E-state index contributed by atoms with van der Waals surface area (Å²) in [5, 5.41) is 9.52. The number of nitrogens with zero attached hydrogens (tertiary/aromatic N) is 2. The van der Waals surface area contributed by atoms with Gasteiger partial charge in [0.25, 0.3) is 0 Å². The predicted molar refractivity (Wildman–Crippen MR) is 77.4 cm³/mol. The Morgan fingerprint density at radius 3 is 2.90 bits per heavy atom. The third kappa shape index (κ3) is 2.99. The minimum Gasteiger partial charge on any atom is -0.481 e. The van der Waals surface area contributed by atoms with Crippen LogP contribution in [0.5, 0.6) is 0 Å². The number of rotatable bonds is 5. The van der Waals surface area contributed by atoms with Gasteiger partial charge in [0.1, 0.15) is 5.82 Å². The van der Waals surface area contributed by atoms with E-state index in [1.54, 1.807) is 18.3 Å². The number of aromatic nitrogens is 1. The van der Waals surface area contributed by atoms with Crippen LogP contribution in [0.3, 0.4) is 0 Å². The molecule has 1 atom stereocenters. The molecule has 1 aliphatic heterocycles. The normalized spacial score (nSPS) is 21.3. The number of ether oxygens (including phenoxy) is 1. The highest BCUT2D eigenvalue weighted by molar-refractivity contribution is 5.90. The number of carboxylic acid groups (broad SMARTS) is 1. The van der Waals surface area contributed by atoms with Gasteiger partial charge in [-0.1, -0.05) is 13.3 Å². The average molecular weight is 292 g/mol. The van der Waals surface area contributed by atoms with Gasteiger partial charge in [0.05, 0.1) is 18.1 Å². The summed E-state index contributed by atoms with van der Waals surface area (Å²) in [4.78, 5) is 29.3. The van der Waals surface area contributed by atoms with E-state index in [0.29, 0.717) is 37.3 Å². The summed E-state index contributed by atoms with van der Waals surface area (Å²) in [7, 11) is 1.33. The summed E-state index contributed by atoms with van der Waals surface area (Å²) in [5.41, 5.74) is -0.289. The van der Waals surface area contributed by atoms with E-state index in [0.717, 1.165) is 6.42 Å². The van der Waals surface area contributed by atoms with Gasteiger partial charge in [0.2, 0.25) is 0 Å². The van der Waals surface area contributed by atoms with Crippen LogP contribution in [0, 0.1) is 5.41 Å². The smallest absolute Gasteiger partial charge is 0.338 e. The first-order valence-corrected chi connectivity index (χ1v) is 7.05. The maximum Gasteiger partial charge on any atom is 0.338 e. The van der Waals surface area contributed by atoms with Crippen molar-refractivity contribution in [3.05, 3.63) is 23.9 Å². The summed E-state index contributed by atoms with van der Waals surface area (Å²) < 4.78 is 4.69. The molecule has 1 saturated heterocycles. The van der Waals surface area contributed by atoms with E-state index >= 15 is 0 Å². The Morgan fingerprint density at radius 2 is 2.29 bits per heavy atom. The first kappa shape index (κ1) is 15.3. The van der Waals surface area contributed by atoms with Crippen molar-refractivity contribution in [1.82, 2.24) is 4.98 Å². The van der Waals surface area contributed by atoms with E-state index < -0.39 is 17.4 Å². The number of methoxy groups -OCH3 is 1. The predicted octanol–water partition coefficient (Wildman–Crippen LogP) is 1.95. The van der Waals surface area contributed by atoms with Gasteiger partial charge in [-0.2, -0.15) is 0 Å². The number of carboxylic acids is 1. The quantitative estimate of drug-likeness (QED) is 0.836. The van der Waals surface area contributed by atoms with E-state index in [9.17, 15) is 14.7 Å². The van der Waals surface area contributed by atoms with Crippen LogP contribution in [0.1, 0.15) is 36.5 Å². The molecule has 1 fully saturated rings. The van der Waals surface area contributed by atoms with Gasteiger partial charge in [0, 0.05) is 19.3 Å². The SMILES string of the molecule is CCCC1(C(=O)O)CCN(c2cc(C(=O)OC)ccn2)C1. The van der Waals surface area contributed by atoms with Crippen molar-refractivity contribution in [2.75, 3.05) is 25.1 Å². The second kappa shape index (κ2) is 6.11. The molecule has 1 unspecified atom stereocenters. The molecule has 114 valence electrons. The Morgan fingerprint density at radius 1 is 1.52 bits per heavy atom. The monoisotopic (exact) mass is 292 g/mol. The first-order valence-electron chi connectivity index (χ1n) is 7.05. The summed E-state index contributed by atoms with van der Waals surface area (Å²) in [5.74, 6) is -0.552. The number of anilines is 1. The van der Waals surface area contributed by atoms with Crippen molar-refractivity contribution < 1.29 is 19.4 Å². The lowest BCUT2D eigenvalue weighted by atomic mass is 9.83. The molecule has 0 amide bonds. The molecule has 2 rings (SSSR count). The second-order valence-corrected chi connectivity index (χ2v) is 5.40. The number of hydrogen-bond acceptors (Lipinski definition) is 5. The molecule has 0 spiro atoms. The fourth-order valence-electron chi connectivity index (χ4n) is 2.87.